The summed E-state index contributed by atoms with van der Waals surface area (Å²) in [5.74, 6) is 0.0778. The second kappa shape index (κ2) is 11.2. The Hall–Kier alpha value is -4.66. The summed E-state index contributed by atoms with van der Waals surface area (Å²) in [6.45, 7) is 7.22. The van der Waals surface area contributed by atoms with Crippen LogP contribution in [0.25, 0.3) is 33.5 Å². The van der Waals surface area contributed by atoms with E-state index >= 15 is 0 Å². The number of ether oxygens (including phenoxy) is 3. The molecule has 0 spiro atoms. The largest absolute Gasteiger partial charge is 0.465 e. The van der Waals surface area contributed by atoms with Crippen molar-refractivity contribution in [3.05, 3.63) is 77.9 Å². The van der Waals surface area contributed by atoms with Crippen LogP contribution in [-0.4, -0.2) is 45.5 Å². The normalized spacial score (nSPS) is 11.0. The fourth-order valence-electron chi connectivity index (χ4n) is 4.33. The zero-order valence-electron chi connectivity index (χ0n) is 21.5. The second-order valence-electron chi connectivity index (χ2n) is 8.37. The van der Waals surface area contributed by atoms with Crippen molar-refractivity contribution in [2.45, 2.75) is 27.3 Å². The standard InChI is InChI=1S/C29H28N4O5/c1-4-35-27(34)23-12-9-13-24-25(23)33(28(30-24)36-5-2)18-19-14-16-20(17-15-19)21-10-7-8-11-22(21)26-31-29(37-6-3)38-32-26/h7-17H,4-6,18H2,1-3H3. The monoisotopic (exact) mass is 512 g/mol. The van der Waals surface area contributed by atoms with Gasteiger partial charge in [0.25, 0.3) is 6.01 Å². The summed E-state index contributed by atoms with van der Waals surface area (Å²) < 4.78 is 23.6. The number of aromatic nitrogens is 4. The molecule has 0 bridgehead atoms. The van der Waals surface area contributed by atoms with Gasteiger partial charge in [-0.05, 0) is 49.6 Å². The second-order valence-corrected chi connectivity index (χ2v) is 8.37. The Morgan fingerprint density at radius 2 is 1.61 bits per heavy atom. The predicted octanol–water partition coefficient (Wildman–Crippen LogP) is 5.78. The maximum absolute atomic E-state index is 12.7. The smallest absolute Gasteiger partial charge is 0.417 e. The molecule has 0 N–H and O–H groups in total. The Bertz CT molecular complexity index is 1560. The number of imidazole rings is 1. The molecule has 0 atom stereocenters. The molecule has 0 aliphatic rings. The summed E-state index contributed by atoms with van der Waals surface area (Å²) in [6, 6.07) is 21.9. The van der Waals surface area contributed by atoms with Gasteiger partial charge in [0.15, 0.2) is 0 Å². The van der Waals surface area contributed by atoms with E-state index in [0.29, 0.717) is 54.8 Å². The third-order valence-corrected chi connectivity index (χ3v) is 5.95. The summed E-state index contributed by atoms with van der Waals surface area (Å²) in [4.78, 5) is 21.7. The van der Waals surface area contributed by atoms with E-state index < -0.39 is 0 Å². The molecule has 0 aliphatic heterocycles. The topological polar surface area (TPSA) is 102 Å². The summed E-state index contributed by atoms with van der Waals surface area (Å²) in [6.07, 6.45) is 0.146. The molecule has 0 unspecified atom stereocenters. The van der Waals surface area contributed by atoms with Gasteiger partial charge in [-0.3, -0.25) is 9.09 Å². The number of fused-ring (bicyclic) bond motifs is 1. The highest BCUT2D eigenvalue weighted by molar-refractivity contribution is 6.02. The summed E-state index contributed by atoms with van der Waals surface area (Å²) in [7, 11) is 0. The first-order valence-electron chi connectivity index (χ1n) is 12.6. The Labute approximate surface area is 220 Å². The highest BCUT2D eigenvalue weighted by Crippen LogP contribution is 2.32. The SMILES string of the molecule is CCOC(=O)c1cccc2nc(OCC)n(Cc3ccc(-c4ccccc4-c4noc(OCC)n4)cc3)c12. The van der Waals surface area contributed by atoms with Crippen molar-refractivity contribution in [2.75, 3.05) is 19.8 Å². The Morgan fingerprint density at radius 1 is 0.842 bits per heavy atom. The van der Waals surface area contributed by atoms with Crippen LogP contribution in [0.5, 0.6) is 12.1 Å². The van der Waals surface area contributed by atoms with Crippen molar-refractivity contribution in [3.8, 4) is 34.6 Å². The summed E-state index contributed by atoms with van der Waals surface area (Å²) >= 11 is 0. The first-order chi connectivity index (χ1) is 18.6. The molecular weight excluding hydrogens is 484 g/mol. The first-order valence-corrected chi connectivity index (χ1v) is 12.6. The molecule has 0 fully saturated rings. The van der Waals surface area contributed by atoms with Crippen molar-refractivity contribution >= 4 is 17.0 Å². The van der Waals surface area contributed by atoms with Gasteiger partial charge in [0, 0.05) is 5.56 Å². The summed E-state index contributed by atoms with van der Waals surface area (Å²) in [5.41, 5.74) is 5.65. The minimum atomic E-state index is -0.386. The number of carbonyl (C=O) groups excluding carboxylic acids is 1. The Balaban J connectivity index is 1.49. The van der Waals surface area contributed by atoms with Crippen LogP contribution in [0.15, 0.2) is 71.3 Å². The molecule has 0 saturated heterocycles. The quantitative estimate of drug-likeness (QED) is 0.217. The first kappa shape index (κ1) is 25.0. The van der Waals surface area contributed by atoms with Gasteiger partial charge in [0.2, 0.25) is 5.82 Å². The number of nitrogens with zero attached hydrogens (tertiary/aromatic N) is 4. The van der Waals surface area contributed by atoms with Crippen LogP contribution in [0.2, 0.25) is 0 Å². The van der Waals surface area contributed by atoms with Gasteiger partial charge in [-0.15, -0.1) is 0 Å². The van der Waals surface area contributed by atoms with E-state index in [1.54, 1.807) is 19.1 Å². The van der Waals surface area contributed by atoms with E-state index in [1.807, 2.05) is 73.0 Å². The number of esters is 1. The van der Waals surface area contributed by atoms with E-state index in [9.17, 15) is 4.79 Å². The van der Waals surface area contributed by atoms with Crippen LogP contribution in [0.4, 0.5) is 0 Å². The van der Waals surface area contributed by atoms with Gasteiger partial charge in [0.1, 0.15) is 0 Å². The van der Waals surface area contributed by atoms with Crippen LogP contribution >= 0.6 is 0 Å². The number of benzene rings is 3. The molecule has 5 aromatic rings. The molecule has 9 nitrogen and oxygen atoms in total. The van der Waals surface area contributed by atoms with Gasteiger partial charge < -0.3 is 14.2 Å². The summed E-state index contributed by atoms with van der Waals surface area (Å²) in [5, 5.41) is 4.08. The molecule has 9 heteroatoms. The average Bonchev–Trinajstić information content (AvgIpc) is 3.54. The van der Waals surface area contributed by atoms with Crippen molar-refractivity contribution in [1.29, 1.82) is 0 Å². The number of hydrogen-bond acceptors (Lipinski definition) is 8. The minimum absolute atomic E-state index is 0.146. The lowest BCUT2D eigenvalue weighted by molar-refractivity contribution is 0.0528. The zero-order chi connectivity index (χ0) is 26.5. The third-order valence-electron chi connectivity index (χ3n) is 5.95. The highest BCUT2D eigenvalue weighted by Gasteiger charge is 2.20. The zero-order valence-corrected chi connectivity index (χ0v) is 21.5. The fraction of sp³-hybridized carbons (Fsp3) is 0.241. The molecule has 5 rings (SSSR count). The Morgan fingerprint density at radius 3 is 2.34 bits per heavy atom. The predicted molar refractivity (Wildman–Crippen MR) is 142 cm³/mol. The van der Waals surface area contributed by atoms with Crippen LogP contribution in [-0.2, 0) is 11.3 Å². The fourth-order valence-corrected chi connectivity index (χ4v) is 4.33. The lowest BCUT2D eigenvalue weighted by Gasteiger charge is -2.12. The maximum Gasteiger partial charge on any atom is 0.417 e. The van der Waals surface area contributed by atoms with E-state index in [0.717, 1.165) is 22.3 Å². The molecule has 2 aromatic heterocycles. The highest BCUT2D eigenvalue weighted by atomic mass is 16.6. The van der Waals surface area contributed by atoms with E-state index in [4.69, 9.17) is 18.7 Å². The molecule has 3 aromatic carbocycles. The lowest BCUT2D eigenvalue weighted by Crippen LogP contribution is -2.10. The van der Waals surface area contributed by atoms with Crippen molar-refractivity contribution in [1.82, 2.24) is 19.7 Å². The van der Waals surface area contributed by atoms with Crippen LogP contribution < -0.4 is 9.47 Å². The molecular formula is C29H28N4O5. The number of rotatable bonds is 10. The lowest BCUT2D eigenvalue weighted by atomic mass is 9.98. The molecule has 0 saturated carbocycles. The van der Waals surface area contributed by atoms with Crippen LogP contribution in [0, 0.1) is 0 Å². The van der Waals surface area contributed by atoms with Gasteiger partial charge in [-0.1, -0.05) is 59.8 Å². The van der Waals surface area contributed by atoms with Crippen LogP contribution in [0.3, 0.4) is 0 Å². The van der Waals surface area contributed by atoms with E-state index in [2.05, 4.69) is 15.1 Å². The van der Waals surface area contributed by atoms with Gasteiger partial charge in [-0.25, -0.2) is 4.79 Å². The van der Waals surface area contributed by atoms with E-state index in [-0.39, 0.29) is 12.0 Å². The van der Waals surface area contributed by atoms with Crippen molar-refractivity contribution in [3.63, 3.8) is 0 Å². The molecule has 2 heterocycles. The Kier molecular flexibility index (Phi) is 7.35. The van der Waals surface area contributed by atoms with E-state index in [1.165, 1.54) is 0 Å². The molecule has 194 valence electrons. The molecule has 0 aliphatic carbocycles. The van der Waals surface area contributed by atoms with Gasteiger partial charge in [-0.2, -0.15) is 9.97 Å². The van der Waals surface area contributed by atoms with Crippen molar-refractivity contribution in [2.24, 2.45) is 0 Å². The third kappa shape index (κ3) is 4.95. The average molecular weight is 513 g/mol. The molecule has 0 amide bonds. The van der Waals surface area contributed by atoms with Gasteiger partial charge >= 0.3 is 12.0 Å². The number of hydrogen-bond donors (Lipinski definition) is 0. The minimum Gasteiger partial charge on any atom is -0.465 e. The van der Waals surface area contributed by atoms with Gasteiger partial charge in [0.05, 0.1) is 43.0 Å². The molecule has 0 radical (unpaired) electrons. The number of para-hydroxylation sites is 1. The molecule has 38 heavy (non-hydrogen) atoms. The maximum atomic E-state index is 12.7. The van der Waals surface area contributed by atoms with Crippen molar-refractivity contribution < 1.29 is 23.5 Å². The number of carbonyl (C=O) groups is 1. The van der Waals surface area contributed by atoms with Crippen LogP contribution in [0.1, 0.15) is 36.7 Å².